The summed E-state index contributed by atoms with van der Waals surface area (Å²) in [6, 6.07) is -1.21. The van der Waals surface area contributed by atoms with Crippen LogP contribution in [0.1, 0.15) is 69.0 Å². The van der Waals surface area contributed by atoms with Gasteiger partial charge < -0.3 is 15.7 Å². The molecule has 142 valence electrons. The van der Waals surface area contributed by atoms with Crippen molar-refractivity contribution >= 4 is 11.8 Å². The number of likely N-dealkylation sites (tertiary alicyclic amines) is 1. The van der Waals surface area contributed by atoms with Gasteiger partial charge >= 0.3 is 0 Å². The fourth-order valence-corrected chi connectivity index (χ4v) is 4.47. The Hall–Kier alpha value is -1.96. The number of nitrogens with zero attached hydrogens (tertiary/aromatic N) is 4. The highest BCUT2D eigenvalue weighted by molar-refractivity contribution is 5.89. The first-order chi connectivity index (χ1) is 12.5. The number of aliphatic hydroxyl groups is 1. The molecule has 0 bridgehead atoms. The van der Waals surface area contributed by atoms with Crippen LogP contribution in [0.25, 0.3) is 0 Å². The number of aromatic nitrogens is 3. The van der Waals surface area contributed by atoms with E-state index >= 15 is 0 Å². The van der Waals surface area contributed by atoms with Crippen LogP contribution in [0.4, 0.5) is 0 Å². The molecular weight excluding hydrogens is 334 g/mol. The third-order valence-electron chi connectivity index (χ3n) is 6.05. The first-order valence-electron chi connectivity index (χ1n) is 9.74. The number of rotatable bonds is 5. The second-order valence-corrected chi connectivity index (χ2v) is 8.04. The van der Waals surface area contributed by atoms with Gasteiger partial charge in [0.2, 0.25) is 11.8 Å². The van der Waals surface area contributed by atoms with Gasteiger partial charge in [-0.05, 0) is 31.6 Å². The van der Waals surface area contributed by atoms with Crippen molar-refractivity contribution in [3.63, 3.8) is 0 Å². The van der Waals surface area contributed by atoms with Gasteiger partial charge in [0, 0.05) is 25.1 Å². The number of β-amino-alcohol motifs (C(OH)–C–C–N with tert-alkyl or cyclic N) is 1. The molecule has 26 heavy (non-hydrogen) atoms. The molecule has 0 spiro atoms. The van der Waals surface area contributed by atoms with Crippen molar-refractivity contribution in [3.05, 3.63) is 11.9 Å². The maximum Gasteiger partial charge on any atom is 0.248 e. The number of nitrogens with two attached hydrogens (primary N) is 1. The lowest BCUT2D eigenvalue weighted by Crippen LogP contribution is -2.48. The second kappa shape index (κ2) is 6.98. The van der Waals surface area contributed by atoms with Gasteiger partial charge in [0.1, 0.15) is 12.1 Å². The van der Waals surface area contributed by atoms with Gasteiger partial charge in [-0.2, -0.15) is 0 Å². The zero-order valence-corrected chi connectivity index (χ0v) is 15.0. The molecule has 2 saturated carbocycles. The normalized spacial score (nSPS) is 28.3. The summed E-state index contributed by atoms with van der Waals surface area (Å²) in [4.78, 5) is 26.7. The van der Waals surface area contributed by atoms with Crippen molar-refractivity contribution in [2.75, 3.05) is 6.54 Å². The van der Waals surface area contributed by atoms with Crippen LogP contribution in [-0.4, -0.2) is 55.5 Å². The van der Waals surface area contributed by atoms with Crippen LogP contribution in [0.2, 0.25) is 0 Å². The first kappa shape index (κ1) is 17.5. The smallest absolute Gasteiger partial charge is 0.248 e. The van der Waals surface area contributed by atoms with Gasteiger partial charge in [-0.3, -0.25) is 9.59 Å². The summed E-state index contributed by atoms with van der Waals surface area (Å²) in [6.45, 7) is 0.153. The Bertz CT molecular complexity index is 680. The molecule has 2 aliphatic carbocycles. The zero-order valence-electron chi connectivity index (χ0n) is 15.0. The van der Waals surface area contributed by atoms with Crippen LogP contribution in [-0.2, 0) is 9.59 Å². The van der Waals surface area contributed by atoms with Crippen molar-refractivity contribution in [1.82, 2.24) is 19.9 Å². The van der Waals surface area contributed by atoms with Crippen LogP contribution in [0.15, 0.2) is 6.20 Å². The van der Waals surface area contributed by atoms with Gasteiger partial charge in [-0.1, -0.05) is 24.5 Å². The highest BCUT2D eigenvalue weighted by Gasteiger charge is 2.43. The molecule has 3 atom stereocenters. The average Bonchev–Trinajstić information content (AvgIpc) is 3.23. The summed E-state index contributed by atoms with van der Waals surface area (Å²) in [5, 5.41) is 18.5. The number of primary amides is 1. The van der Waals surface area contributed by atoms with Crippen molar-refractivity contribution in [3.8, 4) is 0 Å². The quantitative estimate of drug-likeness (QED) is 0.802. The molecule has 8 heteroatoms. The SMILES string of the molecule is NC(=O)[C@@H]1C[C@@H](O)CN1C(=O)[C@H](C1CCCCC1)n1cc(C2CC2)nn1. The molecule has 2 heterocycles. The van der Waals surface area contributed by atoms with Crippen molar-refractivity contribution in [2.45, 2.75) is 75.5 Å². The van der Waals surface area contributed by atoms with E-state index in [0.29, 0.717) is 5.92 Å². The lowest BCUT2D eigenvalue weighted by Gasteiger charge is -2.33. The summed E-state index contributed by atoms with van der Waals surface area (Å²) in [5.74, 6) is -0.0758. The van der Waals surface area contributed by atoms with E-state index in [1.165, 1.54) is 11.3 Å². The molecule has 1 aromatic heterocycles. The van der Waals surface area contributed by atoms with Crippen molar-refractivity contribution in [2.24, 2.45) is 11.7 Å². The number of amides is 2. The topological polar surface area (TPSA) is 114 Å². The monoisotopic (exact) mass is 361 g/mol. The second-order valence-electron chi connectivity index (χ2n) is 8.04. The fraction of sp³-hybridized carbons (Fsp3) is 0.778. The van der Waals surface area contributed by atoms with E-state index < -0.39 is 24.1 Å². The largest absolute Gasteiger partial charge is 0.391 e. The predicted octanol–water partition coefficient (Wildman–Crippen LogP) is 0.724. The van der Waals surface area contributed by atoms with E-state index in [4.69, 9.17) is 5.73 Å². The highest BCUT2D eigenvalue weighted by Crippen LogP contribution is 2.40. The van der Waals surface area contributed by atoms with E-state index in [1.54, 1.807) is 4.68 Å². The van der Waals surface area contributed by atoms with Crippen LogP contribution in [0.5, 0.6) is 0 Å². The van der Waals surface area contributed by atoms with Crippen molar-refractivity contribution < 1.29 is 14.7 Å². The molecule has 0 aromatic carbocycles. The maximum absolute atomic E-state index is 13.4. The number of aliphatic hydroxyl groups excluding tert-OH is 1. The van der Waals surface area contributed by atoms with E-state index in [-0.39, 0.29) is 24.8 Å². The van der Waals surface area contributed by atoms with Gasteiger partial charge in [-0.25, -0.2) is 4.68 Å². The van der Waals surface area contributed by atoms with Crippen LogP contribution in [0, 0.1) is 5.92 Å². The Kier molecular flexibility index (Phi) is 4.69. The molecule has 1 aliphatic heterocycles. The lowest BCUT2D eigenvalue weighted by atomic mass is 9.83. The predicted molar refractivity (Wildman–Crippen MR) is 92.9 cm³/mol. The Morgan fingerprint density at radius 2 is 1.92 bits per heavy atom. The minimum absolute atomic E-state index is 0.153. The fourth-order valence-electron chi connectivity index (χ4n) is 4.47. The molecule has 4 rings (SSSR count). The Labute approximate surface area is 152 Å². The summed E-state index contributed by atoms with van der Waals surface area (Å²) in [6.07, 6.45) is 8.98. The minimum Gasteiger partial charge on any atom is -0.391 e. The number of carbonyl (C=O) groups excluding carboxylic acids is 2. The lowest BCUT2D eigenvalue weighted by molar-refractivity contribution is -0.142. The third kappa shape index (κ3) is 3.34. The maximum atomic E-state index is 13.4. The number of hydrogen-bond acceptors (Lipinski definition) is 5. The van der Waals surface area contributed by atoms with E-state index in [0.717, 1.165) is 44.2 Å². The molecule has 1 aromatic rings. The summed E-state index contributed by atoms with van der Waals surface area (Å²) < 4.78 is 1.70. The van der Waals surface area contributed by atoms with E-state index in [2.05, 4.69) is 10.3 Å². The molecule has 1 saturated heterocycles. The Morgan fingerprint density at radius 1 is 1.19 bits per heavy atom. The molecule has 3 N–H and O–H groups in total. The standard InChI is InChI=1S/C18H27N5O3/c19-17(25)15-8-13(24)9-22(15)18(26)16(12-4-2-1-3-5-12)23-10-14(20-21-23)11-6-7-11/h10-13,15-16,24H,1-9H2,(H2,19,25)/t13-,15+,16+/m1/s1. The molecule has 8 nitrogen and oxygen atoms in total. The Balaban J connectivity index is 1.62. The first-order valence-corrected chi connectivity index (χ1v) is 9.74. The molecule has 3 fully saturated rings. The molecule has 0 unspecified atom stereocenters. The summed E-state index contributed by atoms with van der Waals surface area (Å²) in [7, 11) is 0. The molecule has 2 amide bonds. The number of carbonyl (C=O) groups is 2. The summed E-state index contributed by atoms with van der Waals surface area (Å²) in [5.41, 5.74) is 6.43. The van der Waals surface area contributed by atoms with E-state index in [1.807, 2.05) is 6.20 Å². The van der Waals surface area contributed by atoms with Crippen molar-refractivity contribution in [1.29, 1.82) is 0 Å². The molecule has 3 aliphatic rings. The van der Waals surface area contributed by atoms with E-state index in [9.17, 15) is 14.7 Å². The van der Waals surface area contributed by atoms with Gasteiger partial charge in [-0.15, -0.1) is 5.10 Å². The molecular formula is C18H27N5O3. The Morgan fingerprint density at radius 3 is 2.58 bits per heavy atom. The van der Waals surface area contributed by atoms with Crippen LogP contribution >= 0.6 is 0 Å². The van der Waals surface area contributed by atoms with Crippen LogP contribution < -0.4 is 5.73 Å². The average molecular weight is 361 g/mol. The molecule has 0 radical (unpaired) electrons. The van der Waals surface area contributed by atoms with Gasteiger partial charge in [0.15, 0.2) is 0 Å². The third-order valence-corrected chi connectivity index (χ3v) is 6.05. The van der Waals surface area contributed by atoms with Gasteiger partial charge in [0.25, 0.3) is 0 Å². The highest BCUT2D eigenvalue weighted by atomic mass is 16.3. The zero-order chi connectivity index (χ0) is 18.3. The number of hydrogen-bond donors (Lipinski definition) is 2. The summed E-state index contributed by atoms with van der Waals surface area (Å²) >= 11 is 0. The minimum atomic E-state index is -0.741. The van der Waals surface area contributed by atoms with Crippen LogP contribution in [0.3, 0.4) is 0 Å². The van der Waals surface area contributed by atoms with Gasteiger partial charge in [0.05, 0.1) is 11.8 Å².